The molecule has 0 atom stereocenters. The van der Waals surface area contributed by atoms with E-state index in [1.165, 1.54) is 4.68 Å². The van der Waals surface area contributed by atoms with Crippen LogP contribution in [0.15, 0.2) is 6.07 Å². The van der Waals surface area contributed by atoms with Gasteiger partial charge in [0.05, 0.1) is 21.8 Å². The molecule has 0 bridgehead atoms. The molecule has 6 nitrogen and oxygen atoms in total. The highest BCUT2D eigenvalue weighted by atomic mass is 35.5. The fourth-order valence-electron chi connectivity index (χ4n) is 1.42. The third-order valence-electron chi connectivity index (χ3n) is 2.11. The average molecular weight is 305 g/mol. The number of nitrogens with one attached hydrogen (secondary N) is 1. The standard InChI is InChI=1S/C7H2Cl2N6S2/c8-2-1-3(9)6(5-4(2)11-17-12-5)15-7(16)10-13-14-15/h1H,(H,10,14,16). The summed E-state index contributed by atoms with van der Waals surface area (Å²) in [6.45, 7) is 0. The highest BCUT2D eigenvalue weighted by molar-refractivity contribution is 7.71. The molecule has 2 heterocycles. The third kappa shape index (κ3) is 1.64. The van der Waals surface area contributed by atoms with Gasteiger partial charge in [0, 0.05) is 0 Å². The summed E-state index contributed by atoms with van der Waals surface area (Å²) in [5.74, 6) is 0. The zero-order valence-corrected chi connectivity index (χ0v) is 11.0. The summed E-state index contributed by atoms with van der Waals surface area (Å²) >= 11 is 18.2. The molecule has 0 amide bonds. The lowest BCUT2D eigenvalue weighted by atomic mass is 10.2. The molecule has 3 aromatic rings. The second-order valence-corrected chi connectivity index (χ2v) is 4.78. The largest absolute Gasteiger partial charge is 0.243 e. The third-order valence-corrected chi connectivity index (χ3v) is 3.48. The van der Waals surface area contributed by atoms with Crippen molar-refractivity contribution in [3.8, 4) is 5.69 Å². The molecule has 0 fully saturated rings. The molecule has 17 heavy (non-hydrogen) atoms. The first-order chi connectivity index (χ1) is 8.18. The van der Waals surface area contributed by atoms with Crippen LogP contribution < -0.4 is 0 Å². The van der Waals surface area contributed by atoms with E-state index in [2.05, 4.69) is 24.3 Å². The maximum Gasteiger partial charge on any atom is 0.243 e. The maximum absolute atomic E-state index is 6.14. The van der Waals surface area contributed by atoms with E-state index < -0.39 is 0 Å². The van der Waals surface area contributed by atoms with E-state index in [4.69, 9.17) is 35.4 Å². The van der Waals surface area contributed by atoms with Gasteiger partial charge in [0.2, 0.25) is 4.77 Å². The number of nitrogens with zero attached hydrogens (tertiary/aromatic N) is 5. The molecule has 1 aromatic carbocycles. The maximum atomic E-state index is 6.14. The van der Waals surface area contributed by atoms with E-state index in [0.29, 0.717) is 26.8 Å². The van der Waals surface area contributed by atoms with Crippen molar-refractivity contribution in [2.24, 2.45) is 0 Å². The topological polar surface area (TPSA) is 72.3 Å². The number of fused-ring (bicyclic) bond motifs is 1. The van der Waals surface area contributed by atoms with Gasteiger partial charge in [-0.3, -0.25) is 0 Å². The summed E-state index contributed by atoms with van der Waals surface area (Å²) in [6.07, 6.45) is 0. The van der Waals surface area contributed by atoms with Crippen molar-refractivity contribution in [2.45, 2.75) is 0 Å². The van der Waals surface area contributed by atoms with Gasteiger partial charge in [-0.15, -0.1) is 0 Å². The second kappa shape index (κ2) is 3.98. The number of aromatic amines is 1. The summed E-state index contributed by atoms with van der Waals surface area (Å²) < 4.78 is 9.96. The fraction of sp³-hybridized carbons (Fsp3) is 0. The van der Waals surface area contributed by atoms with Crippen LogP contribution in [-0.2, 0) is 0 Å². The molecule has 0 aliphatic carbocycles. The number of hydrogen-bond acceptors (Lipinski definition) is 6. The van der Waals surface area contributed by atoms with Crippen LogP contribution in [0, 0.1) is 4.77 Å². The summed E-state index contributed by atoms with van der Waals surface area (Å²) in [6, 6.07) is 1.59. The van der Waals surface area contributed by atoms with Crippen LogP contribution in [0.3, 0.4) is 0 Å². The average Bonchev–Trinajstić information content (AvgIpc) is 2.88. The number of tetrazole rings is 1. The van der Waals surface area contributed by atoms with Gasteiger partial charge in [0.15, 0.2) is 0 Å². The lowest BCUT2D eigenvalue weighted by molar-refractivity contribution is 0.789. The lowest BCUT2D eigenvalue weighted by Gasteiger charge is -2.04. The van der Waals surface area contributed by atoms with E-state index >= 15 is 0 Å². The summed E-state index contributed by atoms with van der Waals surface area (Å²) in [5.41, 5.74) is 1.69. The van der Waals surface area contributed by atoms with Crippen molar-refractivity contribution in [2.75, 3.05) is 0 Å². The van der Waals surface area contributed by atoms with Crippen LogP contribution in [0.1, 0.15) is 0 Å². The van der Waals surface area contributed by atoms with E-state index in [-0.39, 0.29) is 4.77 Å². The predicted octanol–water partition coefficient (Wildman–Crippen LogP) is 2.64. The molecule has 0 aliphatic rings. The number of benzene rings is 1. The van der Waals surface area contributed by atoms with Crippen LogP contribution in [0.4, 0.5) is 0 Å². The van der Waals surface area contributed by atoms with E-state index in [9.17, 15) is 0 Å². The molecule has 1 N–H and O–H groups in total. The highest BCUT2D eigenvalue weighted by Crippen LogP contribution is 2.33. The Labute approximate surface area is 113 Å². The van der Waals surface area contributed by atoms with Gasteiger partial charge in [-0.05, 0) is 18.3 Å². The Bertz CT molecular complexity index is 759. The molecule has 0 spiro atoms. The minimum absolute atomic E-state index is 0.253. The van der Waals surface area contributed by atoms with Gasteiger partial charge in [-0.25, -0.2) is 4.68 Å². The SMILES string of the molecule is S=c1nn[nH]n1-c1c(Cl)cc(Cl)c2nsnc12. The van der Waals surface area contributed by atoms with Gasteiger partial charge >= 0.3 is 0 Å². The number of H-pyrrole nitrogens is 1. The molecule has 2 aromatic heterocycles. The second-order valence-electron chi connectivity index (χ2n) is 3.07. The van der Waals surface area contributed by atoms with E-state index in [0.717, 1.165) is 11.7 Å². The summed E-state index contributed by atoms with van der Waals surface area (Å²) in [4.78, 5) is 0. The Kier molecular flexibility index (Phi) is 2.58. The Morgan fingerprint density at radius 2 is 2.00 bits per heavy atom. The van der Waals surface area contributed by atoms with Gasteiger partial charge in [-0.1, -0.05) is 33.5 Å². The molecule has 3 rings (SSSR count). The minimum atomic E-state index is 0.253. The van der Waals surface area contributed by atoms with Crippen LogP contribution in [0.25, 0.3) is 16.7 Å². The zero-order valence-electron chi connectivity index (χ0n) is 7.89. The Morgan fingerprint density at radius 3 is 2.71 bits per heavy atom. The van der Waals surface area contributed by atoms with Gasteiger partial charge < -0.3 is 0 Å². The van der Waals surface area contributed by atoms with Crippen molar-refractivity contribution >= 4 is 58.2 Å². The fourth-order valence-corrected chi connectivity index (χ4v) is 2.78. The number of rotatable bonds is 1. The first kappa shape index (κ1) is 11.0. The smallest absolute Gasteiger partial charge is 0.206 e. The lowest BCUT2D eigenvalue weighted by Crippen LogP contribution is -1.99. The molecule has 0 unspecified atom stereocenters. The van der Waals surface area contributed by atoms with Crippen molar-refractivity contribution in [3.05, 3.63) is 20.9 Å². The zero-order chi connectivity index (χ0) is 12.0. The van der Waals surface area contributed by atoms with Crippen molar-refractivity contribution in [1.29, 1.82) is 0 Å². The molecular weight excluding hydrogens is 303 g/mol. The van der Waals surface area contributed by atoms with Gasteiger partial charge in [-0.2, -0.15) is 14.0 Å². The van der Waals surface area contributed by atoms with E-state index in [1.807, 2.05) is 0 Å². The first-order valence-electron chi connectivity index (χ1n) is 4.29. The normalized spacial score (nSPS) is 11.2. The monoisotopic (exact) mass is 304 g/mol. The predicted molar refractivity (Wildman–Crippen MR) is 67.5 cm³/mol. The highest BCUT2D eigenvalue weighted by Gasteiger charge is 2.16. The molecule has 0 aliphatic heterocycles. The Balaban J connectivity index is 2.48. The van der Waals surface area contributed by atoms with Crippen LogP contribution in [0.2, 0.25) is 10.0 Å². The molecule has 86 valence electrons. The molecule has 10 heteroatoms. The van der Waals surface area contributed by atoms with Crippen molar-refractivity contribution < 1.29 is 0 Å². The van der Waals surface area contributed by atoms with Crippen molar-refractivity contribution in [1.82, 2.24) is 29.0 Å². The van der Waals surface area contributed by atoms with Crippen LogP contribution in [0.5, 0.6) is 0 Å². The van der Waals surface area contributed by atoms with Gasteiger partial charge in [0.1, 0.15) is 16.7 Å². The summed E-state index contributed by atoms with van der Waals surface area (Å²) in [5, 5.41) is 10.8. The molecule has 0 saturated carbocycles. The number of hydrogen-bond donors (Lipinski definition) is 1. The van der Waals surface area contributed by atoms with Crippen LogP contribution in [-0.4, -0.2) is 29.0 Å². The quantitative estimate of drug-likeness (QED) is 0.700. The number of halogens is 2. The molecule has 0 radical (unpaired) electrons. The van der Waals surface area contributed by atoms with E-state index in [1.54, 1.807) is 6.07 Å². The molecular formula is C7H2Cl2N6S2. The van der Waals surface area contributed by atoms with Crippen LogP contribution >= 0.6 is 47.1 Å². The first-order valence-corrected chi connectivity index (χ1v) is 6.18. The Morgan fingerprint density at radius 1 is 1.24 bits per heavy atom. The number of aromatic nitrogens is 6. The molecule has 0 saturated heterocycles. The summed E-state index contributed by atoms with van der Waals surface area (Å²) in [7, 11) is 0. The van der Waals surface area contributed by atoms with Crippen molar-refractivity contribution in [3.63, 3.8) is 0 Å². The Hall–Kier alpha value is -1.09. The minimum Gasteiger partial charge on any atom is -0.206 e. The van der Waals surface area contributed by atoms with Gasteiger partial charge in [0.25, 0.3) is 0 Å².